The lowest BCUT2D eigenvalue weighted by molar-refractivity contribution is -0.108. The monoisotopic (exact) mass is 460 g/mol. The normalized spacial score (nSPS) is 20.3. The van der Waals surface area contributed by atoms with E-state index in [0.717, 1.165) is 29.6 Å². The van der Waals surface area contributed by atoms with Gasteiger partial charge in [0.1, 0.15) is 28.5 Å². The molecule has 0 radical (unpaired) electrons. The smallest absolute Gasteiger partial charge is 0.285 e. The topological polar surface area (TPSA) is 90.1 Å². The van der Waals surface area contributed by atoms with E-state index in [-0.39, 0.29) is 29.2 Å². The highest BCUT2D eigenvalue weighted by atomic mass is 32.1. The number of rotatable bonds is 4. The standard InChI is InChI=1S/C22H19F3N4O2S/c1-21(18(26)6-8-31-12-22(21,24)25)15-10-14(3-4-16(15)23)29-19(30)17-5-2-13(11-28-17)20-27-7-9-32-20/h2-7,9-11H,8,12,26H2,1H3,(H,29,30)/t21-/m0/s1. The number of nitrogens with two attached hydrogens (primary N) is 1. The van der Waals surface area contributed by atoms with Crippen molar-refractivity contribution >= 4 is 22.9 Å². The molecule has 166 valence electrons. The zero-order valence-electron chi connectivity index (χ0n) is 16.9. The van der Waals surface area contributed by atoms with Gasteiger partial charge < -0.3 is 15.8 Å². The number of ether oxygens (including phenoxy) is 1. The predicted molar refractivity (Wildman–Crippen MR) is 115 cm³/mol. The van der Waals surface area contributed by atoms with E-state index in [0.29, 0.717) is 0 Å². The minimum absolute atomic E-state index is 0.0995. The van der Waals surface area contributed by atoms with Gasteiger partial charge in [0.25, 0.3) is 11.8 Å². The third kappa shape index (κ3) is 3.87. The van der Waals surface area contributed by atoms with Crippen LogP contribution in [0.1, 0.15) is 23.0 Å². The highest BCUT2D eigenvalue weighted by Crippen LogP contribution is 2.46. The molecule has 1 aliphatic rings. The molecule has 4 rings (SSSR count). The molecule has 1 aliphatic heterocycles. The molecular formula is C22H19F3N4O2S. The summed E-state index contributed by atoms with van der Waals surface area (Å²) < 4.78 is 49.5. The number of halogens is 3. The van der Waals surface area contributed by atoms with Crippen molar-refractivity contribution in [3.8, 4) is 10.6 Å². The molecule has 0 saturated carbocycles. The highest BCUT2D eigenvalue weighted by Gasteiger charge is 2.55. The maximum absolute atomic E-state index is 14.9. The number of nitrogens with zero attached hydrogens (tertiary/aromatic N) is 2. The van der Waals surface area contributed by atoms with Crippen LogP contribution in [0.4, 0.5) is 18.9 Å². The second-order valence-corrected chi connectivity index (χ2v) is 8.32. The maximum Gasteiger partial charge on any atom is 0.285 e. The van der Waals surface area contributed by atoms with Gasteiger partial charge in [-0.15, -0.1) is 11.3 Å². The van der Waals surface area contributed by atoms with Crippen LogP contribution >= 0.6 is 11.3 Å². The van der Waals surface area contributed by atoms with Gasteiger partial charge in [-0.2, -0.15) is 0 Å². The molecule has 6 nitrogen and oxygen atoms in total. The van der Waals surface area contributed by atoms with Crippen LogP contribution < -0.4 is 11.1 Å². The Morgan fingerprint density at radius 2 is 2.06 bits per heavy atom. The van der Waals surface area contributed by atoms with Crippen molar-refractivity contribution in [2.45, 2.75) is 18.3 Å². The van der Waals surface area contributed by atoms with E-state index in [9.17, 15) is 18.0 Å². The molecule has 2 aromatic heterocycles. The Hall–Kier alpha value is -3.24. The molecule has 0 bridgehead atoms. The summed E-state index contributed by atoms with van der Waals surface area (Å²) in [4.78, 5) is 20.9. The molecule has 3 heterocycles. The summed E-state index contributed by atoms with van der Waals surface area (Å²) >= 11 is 1.44. The van der Waals surface area contributed by atoms with Crippen molar-refractivity contribution in [1.29, 1.82) is 0 Å². The van der Waals surface area contributed by atoms with Gasteiger partial charge in [0, 0.05) is 40.3 Å². The van der Waals surface area contributed by atoms with Crippen LogP contribution in [-0.4, -0.2) is 35.0 Å². The van der Waals surface area contributed by atoms with Crippen LogP contribution in [0.2, 0.25) is 0 Å². The number of pyridine rings is 1. The number of carbonyl (C=O) groups excluding carboxylic acids is 1. The number of aromatic nitrogens is 2. The number of nitrogens with one attached hydrogen (secondary N) is 1. The number of benzene rings is 1. The Kier molecular flexibility index (Phi) is 5.74. The summed E-state index contributed by atoms with van der Waals surface area (Å²) in [6.45, 7) is 0.153. The molecule has 1 aromatic carbocycles. The summed E-state index contributed by atoms with van der Waals surface area (Å²) in [6, 6.07) is 6.70. The first-order valence-corrected chi connectivity index (χ1v) is 10.5. The summed E-state index contributed by atoms with van der Waals surface area (Å²) in [7, 11) is 0. The molecule has 3 aromatic rings. The van der Waals surface area contributed by atoms with Crippen molar-refractivity contribution in [3.05, 3.63) is 77.0 Å². The van der Waals surface area contributed by atoms with Gasteiger partial charge in [-0.25, -0.2) is 18.2 Å². The van der Waals surface area contributed by atoms with E-state index in [1.165, 1.54) is 35.7 Å². The molecule has 0 aliphatic carbocycles. The van der Waals surface area contributed by atoms with Crippen molar-refractivity contribution in [2.75, 3.05) is 18.5 Å². The third-order valence-electron chi connectivity index (χ3n) is 5.45. The molecule has 10 heteroatoms. The molecule has 0 unspecified atom stereocenters. The van der Waals surface area contributed by atoms with Crippen LogP contribution in [0.5, 0.6) is 0 Å². The minimum Gasteiger partial charge on any atom is -0.401 e. The molecular weight excluding hydrogens is 441 g/mol. The number of thiazole rings is 1. The Morgan fingerprint density at radius 1 is 1.25 bits per heavy atom. The molecule has 1 atom stereocenters. The van der Waals surface area contributed by atoms with Crippen LogP contribution in [0.15, 0.2) is 59.9 Å². The second-order valence-electron chi connectivity index (χ2n) is 7.42. The van der Waals surface area contributed by atoms with Gasteiger partial charge in [0.05, 0.1) is 6.61 Å². The van der Waals surface area contributed by atoms with Crippen LogP contribution in [0.25, 0.3) is 10.6 Å². The summed E-state index contributed by atoms with van der Waals surface area (Å²) in [5.41, 5.74) is 4.22. The van der Waals surface area contributed by atoms with E-state index in [1.807, 2.05) is 5.38 Å². The van der Waals surface area contributed by atoms with Gasteiger partial charge in [-0.1, -0.05) is 0 Å². The van der Waals surface area contributed by atoms with Crippen molar-refractivity contribution < 1.29 is 22.7 Å². The average molecular weight is 460 g/mol. The number of alkyl halides is 2. The van der Waals surface area contributed by atoms with Gasteiger partial charge in [-0.3, -0.25) is 9.78 Å². The number of hydrogen-bond donors (Lipinski definition) is 2. The Bertz CT molecular complexity index is 1170. The first-order valence-electron chi connectivity index (χ1n) is 9.61. The van der Waals surface area contributed by atoms with Crippen molar-refractivity contribution in [1.82, 2.24) is 9.97 Å². The first-order chi connectivity index (χ1) is 15.2. The van der Waals surface area contributed by atoms with E-state index in [4.69, 9.17) is 10.5 Å². The van der Waals surface area contributed by atoms with Crippen molar-refractivity contribution in [2.24, 2.45) is 5.73 Å². The number of carbonyl (C=O) groups is 1. The molecule has 32 heavy (non-hydrogen) atoms. The number of allylic oxidation sites excluding steroid dienone is 1. The zero-order valence-corrected chi connectivity index (χ0v) is 17.8. The summed E-state index contributed by atoms with van der Waals surface area (Å²) in [6.07, 6.45) is 4.49. The Balaban J connectivity index is 1.62. The molecule has 0 saturated heterocycles. The van der Waals surface area contributed by atoms with Gasteiger partial charge in [-0.05, 0) is 43.3 Å². The number of anilines is 1. The molecule has 3 N–H and O–H groups in total. The highest BCUT2D eigenvalue weighted by molar-refractivity contribution is 7.13. The molecule has 1 amide bonds. The van der Waals surface area contributed by atoms with Crippen LogP contribution in [-0.2, 0) is 10.2 Å². The molecule has 0 spiro atoms. The number of hydrogen-bond acceptors (Lipinski definition) is 6. The van der Waals surface area contributed by atoms with Gasteiger partial charge >= 0.3 is 0 Å². The minimum atomic E-state index is -3.47. The quantitative estimate of drug-likeness (QED) is 0.604. The van der Waals surface area contributed by atoms with Crippen LogP contribution in [0.3, 0.4) is 0 Å². The van der Waals surface area contributed by atoms with E-state index in [2.05, 4.69) is 15.3 Å². The van der Waals surface area contributed by atoms with E-state index < -0.39 is 29.7 Å². The molecule has 0 fully saturated rings. The maximum atomic E-state index is 14.9. The van der Waals surface area contributed by atoms with E-state index in [1.54, 1.807) is 12.3 Å². The van der Waals surface area contributed by atoms with Crippen LogP contribution in [0, 0.1) is 5.82 Å². The fourth-order valence-corrected chi connectivity index (χ4v) is 4.08. The van der Waals surface area contributed by atoms with E-state index >= 15 is 0 Å². The Morgan fingerprint density at radius 3 is 2.75 bits per heavy atom. The van der Waals surface area contributed by atoms with Gasteiger partial charge in [0.2, 0.25) is 0 Å². The largest absolute Gasteiger partial charge is 0.401 e. The summed E-state index contributed by atoms with van der Waals surface area (Å²) in [5, 5.41) is 5.17. The fraction of sp³-hybridized carbons (Fsp3) is 0.227. The predicted octanol–water partition coefficient (Wildman–Crippen LogP) is 4.36. The first kappa shape index (κ1) is 22.0. The fourth-order valence-electron chi connectivity index (χ4n) is 3.45. The van der Waals surface area contributed by atoms with Gasteiger partial charge in [0.15, 0.2) is 0 Å². The lowest BCUT2D eigenvalue weighted by Gasteiger charge is -2.37. The summed E-state index contributed by atoms with van der Waals surface area (Å²) in [5.74, 6) is -4.91. The second kappa shape index (κ2) is 8.36. The average Bonchev–Trinajstić information content (AvgIpc) is 3.29. The zero-order chi connectivity index (χ0) is 22.9. The lowest BCUT2D eigenvalue weighted by Crippen LogP contribution is -2.49. The SMILES string of the molecule is C[C@]1(c2cc(NC(=O)c3ccc(-c4nccs4)cn3)ccc2F)C(N)=CCOCC1(F)F. The van der Waals surface area contributed by atoms with Crippen molar-refractivity contribution in [3.63, 3.8) is 0 Å². The lowest BCUT2D eigenvalue weighted by atomic mass is 9.73. The Labute approximate surface area is 186 Å². The third-order valence-corrected chi connectivity index (χ3v) is 6.27. The number of amides is 1.